The van der Waals surface area contributed by atoms with Crippen molar-refractivity contribution in [3.63, 3.8) is 0 Å². The molecule has 0 saturated heterocycles. The quantitative estimate of drug-likeness (QED) is 0.683. The zero-order valence-corrected chi connectivity index (χ0v) is 14.0. The Kier molecular flexibility index (Phi) is 5.51. The van der Waals surface area contributed by atoms with E-state index in [-0.39, 0.29) is 0 Å². The summed E-state index contributed by atoms with van der Waals surface area (Å²) in [6, 6.07) is 0. The van der Waals surface area contributed by atoms with Crippen molar-refractivity contribution in [2.75, 3.05) is 6.54 Å². The van der Waals surface area contributed by atoms with Gasteiger partial charge in [-0.1, -0.05) is 44.5 Å². The molecule has 3 heteroatoms. The van der Waals surface area contributed by atoms with Gasteiger partial charge in [0.05, 0.1) is 8.07 Å². The molecule has 0 fully saturated rings. The van der Waals surface area contributed by atoms with E-state index in [0.717, 1.165) is 6.54 Å². The van der Waals surface area contributed by atoms with E-state index < -0.39 is 17.0 Å². The molecule has 0 N–H and O–H groups in total. The molecule has 0 amide bonds. The van der Waals surface area contributed by atoms with Gasteiger partial charge in [0.25, 0.3) is 0 Å². The monoisotopic (exact) mass is 243 g/mol. The molecule has 0 heterocycles. The van der Waals surface area contributed by atoms with Crippen molar-refractivity contribution in [2.45, 2.75) is 59.0 Å². The van der Waals surface area contributed by atoms with E-state index in [1.165, 1.54) is 0 Å². The van der Waals surface area contributed by atoms with E-state index in [2.05, 4.69) is 69.8 Å². The zero-order chi connectivity index (χ0) is 12.3. The van der Waals surface area contributed by atoms with Crippen molar-refractivity contribution < 1.29 is 0 Å². The zero-order valence-electron chi connectivity index (χ0n) is 11.9. The molecule has 0 aliphatic rings. The summed E-state index contributed by atoms with van der Waals surface area (Å²) in [6.45, 7) is 20.1. The Labute approximate surface area is 99.3 Å². The molecule has 0 bridgehead atoms. The molecule has 15 heavy (non-hydrogen) atoms. The second-order valence-electron chi connectivity index (χ2n) is 6.69. The van der Waals surface area contributed by atoms with Crippen molar-refractivity contribution in [3.8, 4) is 0 Å². The number of rotatable bonds is 4. The van der Waals surface area contributed by atoms with Crippen LogP contribution in [0.15, 0.2) is 11.8 Å². The molecular weight excluding hydrogens is 214 g/mol. The van der Waals surface area contributed by atoms with E-state index in [1.807, 2.05) is 0 Å². The maximum Gasteiger partial charge on any atom is 0.106 e. The summed E-state index contributed by atoms with van der Waals surface area (Å²) in [7, 11) is -1.71. The molecule has 0 aromatic rings. The van der Waals surface area contributed by atoms with Gasteiger partial charge in [-0.25, -0.2) is 0 Å². The highest BCUT2D eigenvalue weighted by atomic mass is 28.3. The molecule has 0 radical (unpaired) electrons. The van der Waals surface area contributed by atoms with Crippen LogP contribution in [0, 0.1) is 0 Å². The lowest BCUT2D eigenvalue weighted by Gasteiger charge is -2.38. The van der Waals surface area contributed by atoms with Crippen LogP contribution < -0.4 is 0 Å². The SMILES string of the molecule is C[SiH](C)N(CC=C[Si](C)(C)C)C(C)(C)C. The van der Waals surface area contributed by atoms with Crippen molar-refractivity contribution in [1.29, 1.82) is 0 Å². The van der Waals surface area contributed by atoms with Gasteiger partial charge >= 0.3 is 0 Å². The summed E-state index contributed by atoms with van der Waals surface area (Å²) in [6.07, 6.45) is 2.39. The molecule has 0 aromatic heterocycles. The van der Waals surface area contributed by atoms with Crippen LogP contribution in [-0.2, 0) is 0 Å². The van der Waals surface area contributed by atoms with Gasteiger partial charge in [0.1, 0.15) is 8.96 Å². The van der Waals surface area contributed by atoms with E-state index >= 15 is 0 Å². The number of hydrogen-bond donors (Lipinski definition) is 0. The second kappa shape index (κ2) is 5.46. The van der Waals surface area contributed by atoms with E-state index in [9.17, 15) is 0 Å². The van der Waals surface area contributed by atoms with Crippen molar-refractivity contribution in [2.24, 2.45) is 0 Å². The first-order valence-corrected chi connectivity index (χ1v) is 12.4. The summed E-state index contributed by atoms with van der Waals surface area (Å²) in [5.74, 6) is 0. The van der Waals surface area contributed by atoms with E-state index in [0.29, 0.717) is 5.54 Å². The van der Waals surface area contributed by atoms with Gasteiger partial charge in [-0.3, -0.25) is 0 Å². The fourth-order valence-electron chi connectivity index (χ4n) is 1.78. The third-order valence-electron chi connectivity index (χ3n) is 2.40. The highest BCUT2D eigenvalue weighted by molar-refractivity contribution is 6.80. The lowest BCUT2D eigenvalue weighted by Crippen LogP contribution is -2.48. The Morgan fingerprint density at radius 1 is 1.13 bits per heavy atom. The molecule has 0 spiro atoms. The lowest BCUT2D eigenvalue weighted by atomic mass is 10.1. The number of hydrogen-bond acceptors (Lipinski definition) is 1. The van der Waals surface area contributed by atoms with Gasteiger partial charge < -0.3 is 4.57 Å². The molecule has 0 unspecified atom stereocenters. The van der Waals surface area contributed by atoms with E-state index in [4.69, 9.17) is 0 Å². The second-order valence-corrected chi connectivity index (χ2v) is 14.6. The van der Waals surface area contributed by atoms with Crippen LogP contribution in [0.4, 0.5) is 0 Å². The van der Waals surface area contributed by atoms with Gasteiger partial charge in [0.15, 0.2) is 0 Å². The molecule has 0 aromatic carbocycles. The molecule has 0 atom stereocenters. The molecule has 0 aliphatic heterocycles. The summed E-state index contributed by atoms with van der Waals surface area (Å²) < 4.78 is 2.67. The Morgan fingerprint density at radius 3 is 1.87 bits per heavy atom. The van der Waals surface area contributed by atoms with Crippen LogP contribution in [0.2, 0.25) is 32.7 Å². The fourth-order valence-corrected chi connectivity index (χ4v) is 4.68. The van der Waals surface area contributed by atoms with Crippen LogP contribution in [0.25, 0.3) is 0 Å². The first kappa shape index (κ1) is 15.1. The standard InChI is InChI=1S/C12H29NSi2/c1-12(2,3)13(14(4)5)10-9-11-15(6,7)8/h9,11,14H,10H2,1-8H3. The highest BCUT2D eigenvalue weighted by Gasteiger charge is 2.23. The lowest BCUT2D eigenvalue weighted by molar-refractivity contribution is 0.270. The normalized spacial score (nSPS) is 14.5. The highest BCUT2D eigenvalue weighted by Crippen LogP contribution is 2.15. The third-order valence-corrected chi connectivity index (χ3v) is 5.87. The maximum absolute atomic E-state index is 2.67. The van der Waals surface area contributed by atoms with Gasteiger partial charge in [0.2, 0.25) is 0 Å². The molecule has 1 nitrogen and oxygen atoms in total. The molecule has 0 saturated carbocycles. The van der Waals surface area contributed by atoms with Gasteiger partial charge in [-0.15, -0.1) is 0 Å². The van der Waals surface area contributed by atoms with Gasteiger partial charge in [-0.2, -0.15) is 0 Å². The fraction of sp³-hybridized carbons (Fsp3) is 0.833. The average molecular weight is 244 g/mol. The Bertz CT molecular complexity index is 209. The Hall–Kier alpha value is 0.134. The minimum Gasteiger partial charge on any atom is -0.319 e. The van der Waals surface area contributed by atoms with Crippen LogP contribution in [0.3, 0.4) is 0 Å². The topological polar surface area (TPSA) is 3.24 Å². The summed E-state index contributed by atoms with van der Waals surface area (Å²) >= 11 is 0. The predicted molar refractivity (Wildman–Crippen MR) is 77.8 cm³/mol. The minimum absolute atomic E-state index is 0.324. The van der Waals surface area contributed by atoms with E-state index in [1.54, 1.807) is 0 Å². The maximum atomic E-state index is 2.67. The molecule has 0 aliphatic carbocycles. The van der Waals surface area contributed by atoms with Gasteiger partial charge in [-0.05, 0) is 20.8 Å². The van der Waals surface area contributed by atoms with Crippen molar-refractivity contribution in [1.82, 2.24) is 4.57 Å². The molecule has 90 valence electrons. The third kappa shape index (κ3) is 7.09. The Balaban J connectivity index is 4.40. The minimum atomic E-state index is -1.01. The Morgan fingerprint density at radius 2 is 1.60 bits per heavy atom. The average Bonchev–Trinajstić information content (AvgIpc) is 1.92. The van der Waals surface area contributed by atoms with Crippen LogP contribution in [-0.4, -0.2) is 33.7 Å². The summed E-state index contributed by atoms with van der Waals surface area (Å²) in [4.78, 5) is 0. The molecular formula is C12H29NSi2. The van der Waals surface area contributed by atoms with Crippen LogP contribution in [0.5, 0.6) is 0 Å². The van der Waals surface area contributed by atoms with Gasteiger partial charge in [0, 0.05) is 12.1 Å². The predicted octanol–water partition coefficient (Wildman–Crippen LogP) is 3.50. The van der Waals surface area contributed by atoms with Crippen molar-refractivity contribution in [3.05, 3.63) is 11.8 Å². The number of nitrogens with zero attached hydrogens (tertiary/aromatic N) is 1. The first-order valence-electron chi connectivity index (χ1n) is 5.98. The summed E-state index contributed by atoms with van der Waals surface area (Å²) in [5.41, 5.74) is 2.78. The summed E-state index contributed by atoms with van der Waals surface area (Å²) in [5, 5.41) is 0. The van der Waals surface area contributed by atoms with Crippen LogP contribution >= 0.6 is 0 Å². The van der Waals surface area contributed by atoms with Crippen molar-refractivity contribution >= 4 is 17.0 Å². The molecule has 0 rings (SSSR count). The van der Waals surface area contributed by atoms with Crippen LogP contribution in [0.1, 0.15) is 20.8 Å². The smallest absolute Gasteiger partial charge is 0.106 e. The first-order chi connectivity index (χ1) is 6.54. The largest absolute Gasteiger partial charge is 0.319 e.